The highest BCUT2D eigenvalue weighted by Crippen LogP contribution is 2.30. The minimum atomic E-state index is -4.70. The normalized spacial score (nSPS) is 11.9. The number of benzene rings is 1. The largest absolute Gasteiger partial charge is 0.573 e. The third-order valence-electron chi connectivity index (χ3n) is 1.93. The lowest BCUT2D eigenvalue weighted by Gasteiger charge is -2.13. The summed E-state index contributed by atoms with van der Waals surface area (Å²) in [6, 6.07) is 4.30. The van der Waals surface area contributed by atoms with E-state index < -0.39 is 6.36 Å². The average Bonchev–Trinajstić information content (AvgIpc) is 2.05. The van der Waals surface area contributed by atoms with Gasteiger partial charge in [0.2, 0.25) is 0 Å². The molecule has 0 bridgehead atoms. The summed E-state index contributed by atoms with van der Waals surface area (Å²) in [6.07, 6.45) is -4.70. The summed E-state index contributed by atoms with van der Waals surface area (Å²) in [4.78, 5) is 0. The Morgan fingerprint density at radius 3 is 2.27 bits per heavy atom. The standard InChI is InChI=1S/C10H12F3NO/c1-6(2)7-3-4-9(8(14)5-7)15-10(11,12)13/h3-6H,14H2,1-2H3. The molecule has 0 spiro atoms. The van der Waals surface area contributed by atoms with Gasteiger partial charge in [0.15, 0.2) is 5.75 Å². The summed E-state index contributed by atoms with van der Waals surface area (Å²) in [7, 11) is 0. The minimum absolute atomic E-state index is 0.00137. The van der Waals surface area contributed by atoms with Crippen LogP contribution >= 0.6 is 0 Å². The predicted octanol–water partition coefficient (Wildman–Crippen LogP) is 3.29. The van der Waals surface area contributed by atoms with Crippen molar-refractivity contribution in [3.63, 3.8) is 0 Å². The molecule has 2 N–H and O–H groups in total. The van der Waals surface area contributed by atoms with Crippen LogP contribution in [0.25, 0.3) is 0 Å². The first-order valence-corrected chi connectivity index (χ1v) is 4.45. The van der Waals surface area contributed by atoms with Gasteiger partial charge >= 0.3 is 6.36 Å². The van der Waals surface area contributed by atoms with Gasteiger partial charge in [-0.1, -0.05) is 19.9 Å². The maximum absolute atomic E-state index is 11.9. The molecule has 84 valence electrons. The molecule has 0 saturated heterocycles. The molecular formula is C10H12F3NO. The van der Waals surface area contributed by atoms with Crippen molar-refractivity contribution in [1.29, 1.82) is 0 Å². The first-order chi connectivity index (χ1) is 6.79. The highest BCUT2D eigenvalue weighted by atomic mass is 19.4. The lowest BCUT2D eigenvalue weighted by molar-refractivity contribution is -0.274. The lowest BCUT2D eigenvalue weighted by Crippen LogP contribution is -2.18. The van der Waals surface area contributed by atoms with Gasteiger partial charge in [-0.25, -0.2) is 0 Å². The van der Waals surface area contributed by atoms with Crippen molar-refractivity contribution >= 4 is 5.69 Å². The zero-order valence-electron chi connectivity index (χ0n) is 8.43. The van der Waals surface area contributed by atoms with Crippen molar-refractivity contribution in [1.82, 2.24) is 0 Å². The second kappa shape index (κ2) is 4.00. The van der Waals surface area contributed by atoms with Crippen LogP contribution in [-0.4, -0.2) is 6.36 Å². The number of rotatable bonds is 2. The molecule has 0 atom stereocenters. The SMILES string of the molecule is CC(C)c1ccc(OC(F)(F)F)c(N)c1. The van der Waals surface area contributed by atoms with Gasteiger partial charge in [-0.3, -0.25) is 0 Å². The summed E-state index contributed by atoms with van der Waals surface area (Å²) in [5, 5.41) is 0. The number of nitrogens with two attached hydrogens (primary N) is 1. The number of alkyl halides is 3. The molecule has 0 aromatic heterocycles. The van der Waals surface area contributed by atoms with Gasteiger partial charge in [-0.05, 0) is 23.6 Å². The zero-order chi connectivity index (χ0) is 11.6. The molecule has 0 saturated carbocycles. The van der Waals surface area contributed by atoms with E-state index in [2.05, 4.69) is 4.74 Å². The molecule has 0 unspecified atom stereocenters. The van der Waals surface area contributed by atoms with E-state index in [0.717, 1.165) is 5.56 Å². The van der Waals surface area contributed by atoms with Crippen molar-refractivity contribution in [2.75, 3.05) is 5.73 Å². The molecule has 15 heavy (non-hydrogen) atoms. The van der Waals surface area contributed by atoms with Crippen LogP contribution in [-0.2, 0) is 0 Å². The number of halogens is 3. The number of hydrogen-bond donors (Lipinski definition) is 1. The Labute approximate surface area is 85.8 Å². The number of nitrogen functional groups attached to an aromatic ring is 1. The van der Waals surface area contributed by atoms with Gasteiger partial charge in [-0.15, -0.1) is 13.2 Å². The molecule has 0 heterocycles. The van der Waals surface area contributed by atoms with E-state index in [1.807, 2.05) is 13.8 Å². The Balaban J connectivity index is 2.94. The third-order valence-corrected chi connectivity index (χ3v) is 1.93. The summed E-state index contributed by atoms with van der Waals surface area (Å²) >= 11 is 0. The fraction of sp³-hybridized carbons (Fsp3) is 0.400. The molecule has 0 aliphatic rings. The van der Waals surface area contributed by atoms with Gasteiger partial charge in [0.1, 0.15) is 0 Å². The molecule has 0 fully saturated rings. The average molecular weight is 219 g/mol. The van der Waals surface area contributed by atoms with Crippen LogP contribution in [0, 0.1) is 0 Å². The lowest BCUT2D eigenvalue weighted by atomic mass is 10.0. The maximum Gasteiger partial charge on any atom is 0.573 e. The van der Waals surface area contributed by atoms with Crippen LogP contribution in [0.3, 0.4) is 0 Å². The van der Waals surface area contributed by atoms with Gasteiger partial charge in [0.25, 0.3) is 0 Å². The van der Waals surface area contributed by atoms with Gasteiger partial charge in [0.05, 0.1) is 5.69 Å². The molecule has 1 aromatic carbocycles. The summed E-state index contributed by atoms with van der Waals surface area (Å²) in [5.74, 6) is -0.140. The van der Waals surface area contributed by atoms with E-state index in [0.29, 0.717) is 0 Å². The molecular weight excluding hydrogens is 207 g/mol. The maximum atomic E-state index is 11.9. The van der Waals surface area contributed by atoms with Crippen molar-refractivity contribution in [2.45, 2.75) is 26.1 Å². The minimum Gasteiger partial charge on any atom is -0.404 e. The van der Waals surface area contributed by atoms with Gasteiger partial charge < -0.3 is 10.5 Å². The van der Waals surface area contributed by atoms with Crippen molar-refractivity contribution in [3.05, 3.63) is 23.8 Å². The molecule has 5 heteroatoms. The first-order valence-electron chi connectivity index (χ1n) is 4.45. The van der Waals surface area contributed by atoms with Crippen LogP contribution in [0.5, 0.6) is 5.75 Å². The van der Waals surface area contributed by atoms with Crippen molar-refractivity contribution in [3.8, 4) is 5.75 Å². The Bertz CT molecular complexity index is 347. The van der Waals surface area contributed by atoms with E-state index in [4.69, 9.17) is 5.73 Å². The Hall–Kier alpha value is -1.39. The molecule has 0 aliphatic carbocycles. The van der Waals surface area contributed by atoms with E-state index in [1.165, 1.54) is 12.1 Å². The summed E-state index contributed by atoms with van der Waals surface area (Å²) in [5.41, 5.74) is 6.32. The molecule has 0 aliphatic heterocycles. The summed E-state index contributed by atoms with van der Waals surface area (Å²) < 4.78 is 39.5. The number of ether oxygens (including phenoxy) is 1. The van der Waals surface area contributed by atoms with Crippen LogP contribution in [0.2, 0.25) is 0 Å². The third kappa shape index (κ3) is 3.34. The molecule has 2 nitrogen and oxygen atoms in total. The highest BCUT2D eigenvalue weighted by Gasteiger charge is 2.31. The van der Waals surface area contributed by atoms with E-state index in [9.17, 15) is 13.2 Å². The Morgan fingerprint density at radius 1 is 1.27 bits per heavy atom. The molecule has 1 rings (SSSR count). The first kappa shape index (κ1) is 11.7. The molecule has 0 amide bonds. The van der Waals surface area contributed by atoms with Crippen LogP contribution < -0.4 is 10.5 Å². The Morgan fingerprint density at radius 2 is 1.87 bits per heavy atom. The predicted molar refractivity (Wildman–Crippen MR) is 51.6 cm³/mol. The second-order valence-electron chi connectivity index (χ2n) is 3.50. The molecule has 0 radical (unpaired) electrons. The van der Waals surface area contributed by atoms with E-state index in [-0.39, 0.29) is 17.4 Å². The van der Waals surface area contributed by atoms with Crippen LogP contribution in [0.1, 0.15) is 25.3 Å². The fourth-order valence-electron chi connectivity index (χ4n) is 1.14. The van der Waals surface area contributed by atoms with Crippen LogP contribution in [0.4, 0.5) is 18.9 Å². The smallest absolute Gasteiger partial charge is 0.404 e. The molecule has 1 aromatic rings. The second-order valence-corrected chi connectivity index (χ2v) is 3.50. The topological polar surface area (TPSA) is 35.2 Å². The quantitative estimate of drug-likeness (QED) is 0.774. The van der Waals surface area contributed by atoms with Crippen molar-refractivity contribution in [2.24, 2.45) is 0 Å². The van der Waals surface area contributed by atoms with Gasteiger partial charge in [-0.2, -0.15) is 0 Å². The fourth-order valence-corrected chi connectivity index (χ4v) is 1.14. The van der Waals surface area contributed by atoms with Crippen LogP contribution in [0.15, 0.2) is 18.2 Å². The summed E-state index contributed by atoms with van der Waals surface area (Å²) in [6.45, 7) is 3.86. The Kier molecular flexibility index (Phi) is 3.12. The van der Waals surface area contributed by atoms with E-state index >= 15 is 0 Å². The zero-order valence-corrected chi connectivity index (χ0v) is 8.43. The van der Waals surface area contributed by atoms with Crippen molar-refractivity contribution < 1.29 is 17.9 Å². The van der Waals surface area contributed by atoms with Gasteiger partial charge in [0, 0.05) is 0 Å². The highest BCUT2D eigenvalue weighted by molar-refractivity contribution is 5.54. The number of anilines is 1. The number of hydrogen-bond acceptors (Lipinski definition) is 2. The monoisotopic (exact) mass is 219 g/mol. The van der Waals surface area contributed by atoms with E-state index in [1.54, 1.807) is 6.07 Å².